The van der Waals surface area contributed by atoms with Crippen LogP contribution in [0.2, 0.25) is 0 Å². The molecular formula is C17H20N4O2S. The predicted molar refractivity (Wildman–Crippen MR) is 93.0 cm³/mol. The fourth-order valence-electron chi connectivity index (χ4n) is 2.14. The molecule has 126 valence electrons. The molecule has 24 heavy (non-hydrogen) atoms. The monoisotopic (exact) mass is 344 g/mol. The molecule has 1 aliphatic carbocycles. The number of carbonyl (C=O) groups is 2. The Labute approximate surface area is 144 Å². The zero-order valence-corrected chi connectivity index (χ0v) is 14.5. The van der Waals surface area contributed by atoms with Gasteiger partial charge in [-0.25, -0.2) is 0 Å². The third kappa shape index (κ3) is 4.17. The Balaban J connectivity index is 1.55. The standard InChI is InChI=1S/C17H20N4O2S/c1-10(2)16-20-21-17(24-16)19-15(23)13-5-3-11(4-6-13)9-18-14(22)12-7-8-12/h3-6,10,12H,7-9H2,1-2H3,(H,18,22)(H,19,21,23). The Morgan fingerprint density at radius 3 is 2.50 bits per heavy atom. The molecule has 1 saturated carbocycles. The lowest BCUT2D eigenvalue weighted by Crippen LogP contribution is -2.24. The fraction of sp³-hybridized carbons (Fsp3) is 0.412. The van der Waals surface area contributed by atoms with Crippen molar-refractivity contribution >= 4 is 28.3 Å². The Kier molecular flexibility index (Phi) is 4.89. The van der Waals surface area contributed by atoms with Crippen molar-refractivity contribution in [1.82, 2.24) is 15.5 Å². The van der Waals surface area contributed by atoms with E-state index in [1.54, 1.807) is 12.1 Å². The number of benzene rings is 1. The van der Waals surface area contributed by atoms with Gasteiger partial charge in [0.15, 0.2) is 0 Å². The number of hydrogen-bond donors (Lipinski definition) is 2. The third-order valence-electron chi connectivity index (χ3n) is 3.79. The number of aromatic nitrogens is 2. The van der Waals surface area contributed by atoms with Gasteiger partial charge in [0.05, 0.1) is 0 Å². The lowest BCUT2D eigenvalue weighted by molar-refractivity contribution is -0.122. The molecule has 0 bridgehead atoms. The van der Waals surface area contributed by atoms with Gasteiger partial charge in [0.1, 0.15) is 5.01 Å². The lowest BCUT2D eigenvalue weighted by atomic mass is 10.1. The van der Waals surface area contributed by atoms with Crippen LogP contribution in [0.5, 0.6) is 0 Å². The highest BCUT2D eigenvalue weighted by Crippen LogP contribution is 2.28. The summed E-state index contributed by atoms with van der Waals surface area (Å²) in [5.74, 6) is 0.403. The van der Waals surface area contributed by atoms with Crippen LogP contribution in [0.1, 0.15) is 53.5 Å². The summed E-state index contributed by atoms with van der Waals surface area (Å²) in [4.78, 5) is 23.8. The minimum Gasteiger partial charge on any atom is -0.352 e. The summed E-state index contributed by atoms with van der Waals surface area (Å²) in [5, 5.41) is 15.1. The topological polar surface area (TPSA) is 84.0 Å². The number of rotatable bonds is 6. The summed E-state index contributed by atoms with van der Waals surface area (Å²) < 4.78 is 0. The minimum absolute atomic E-state index is 0.119. The lowest BCUT2D eigenvalue weighted by Gasteiger charge is -2.06. The largest absolute Gasteiger partial charge is 0.352 e. The Hall–Kier alpha value is -2.28. The Bertz CT molecular complexity index is 735. The number of nitrogens with zero attached hydrogens (tertiary/aromatic N) is 2. The molecule has 2 N–H and O–H groups in total. The molecule has 0 unspecified atom stereocenters. The molecule has 0 aliphatic heterocycles. The molecule has 1 aromatic heterocycles. The highest BCUT2D eigenvalue weighted by Gasteiger charge is 2.29. The van der Waals surface area contributed by atoms with Crippen LogP contribution in [0.4, 0.5) is 5.13 Å². The van der Waals surface area contributed by atoms with Crippen LogP contribution in [0.25, 0.3) is 0 Å². The molecule has 0 radical (unpaired) electrons. The smallest absolute Gasteiger partial charge is 0.257 e. The average molecular weight is 344 g/mol. The second-order valence-electron chi connectivity index (χ2n) is 6.24. The van der Waals surface area contributed by atoms with Crippen LogP contribution in [-0.2, 0) is 11.3 Å². The molecule has 3 rings (SSSR count). The second-order valence-corrected chi connectivity index (χ2v) is 7.25. The zero-order chi connectivity index (χ0) is 17.1. The molecule has 1 aromatic carbocycles. The SMILES string of the molecule is CC(C)c1nnc(NC(=O)c2ccc(CNC(=O)C3CC3)cc2)s1. The first-order chi connectivity index (χ1) is 11.5. The van der Waals surface area contributed by atoms with E-state index in [9.17, 15) is 9.59 Å². The van der Waals surface area contributed by atoms with E-state index in [1.807, 2.05) is 26.0 Å². The predicted octanol–water partition coefficient (Wildman–Crippen LogP) is 2.94. The second kappa shape index (κ2) is 7.09. The first-order valence-corrected chi connectivity index (χ1v) is 8.86. The van der Waals surface area contributed by atoms with Gasteiger partial charge in [-0.1, -0.05) is 37.3 Å². The molecule has 7 heteroatoms. The molecule has 0 saturated heterocycles. The van der Waals surface area contributed by atoms with Crippen molar-refractivity contribution in [3.8, 4) is 0 Å². The maximum atomic E-state index is 12.2. The maximum Gasteiger partial charge on any atom is 0.257 e. The third-order valence-corrected chi connectivity index (χ3v) is 4.93. The Morgan fingerprint density at radius 2 is 1.92 bits per heavy atom. The molecule has 0 atom stereocenters. The molecule has 0 spiro atoms. The van der Waals surface area contributed by atoms with Gasteiger partial charge in [-0.2, -0.15) is 0 Å². The van der Waals surface area contributed by atoms with Gasteiger partial charge < -0.3 is 5.32 Å². The highest BCUT2D eigenvalue weighted by atomic mass is 32.1. The minimum atomic E-state index is -0.213. The summed E-state index contributed by atoms with van der Waals surface area (Å²) in [6, 6.07) is 7.19. The molecule has 6 nitrogen and oxygen atoms in total. The van der Waals surface area contributed by atoms with Gasteiger partial charge in [-0.15, -0.1) is 10.2 Å². The van der Waals surface area contributed by atoms with E-state index in [4.69, 9.17) is 0 Å². The first-order valence-electron chi connectivity index (χ1n) is 8.04. The van der Waals surface area contributed by atoms with Crippen molar-refractivity contribution in [1.29, 1.82) is 0 Å². The quantitative estimate of drug-likeness (QED) is 0.844. The van der Waals surface area contributed by atoms with E-state index in [-0.39, 0.29) is 17.7 Å². The van der Waals surface area contributed by atoms with Crippen molar-refractivity contribution in [2.24, 2.45) is 5.92 Å². The van der Waals surface area contributed by atoms with Crippen LogP contribution in [0, 0.1) is 5.92 Å². The average Bonchev–Trinajstić information content (AvgIpc) is 3.32. The molecular weight excluding hydrogens is 324 g/mol. The molecule has 2 amide bonds. The van der Waals surface area contributed by atoms with Crippen LogP contribution < -0.4 is 10.6 Å². The van der Waals surface area contributed by atoms with Gasteiger partial charge in [0, 0.05) is 23.9 Å². The van der Waals surface area contributed by atoms with E-state index >= 15 is 0 Å². The Morgan fingerprint density at radius 1 is 1.21 bits per heavy atom. The summed E-state index contributed by atoms with van der Waals surface area (Å²) in [6.07, 6.45) is 1.99. The van der Waals surface area contributed by atoms with Crippen molar-refractivity contribution in [3.63, 3.8) is 0 Å². The summed E-state index contributed by atoms with van der Waals surface area (Å²) in [6.45, 7) is 4.56. The van der Waals surface area contributed by atoms with Crippen molar-refractivity contribution in [2.75, 3.05) is 5.32 Å². The maximum absolute atomic E-state index is 12.2. The first kappa shape index (κ1) is 16.6. The zero-order valence-electron chi connectivity index (χ0n) is 13.7. The van der Waals surface area contributed by atoms with Crippen molar-refractivity contribution < 1.29 is 9.59 Å². The van der Waals surface area contributed by atoms with Gasteiger partial charge in [-0.05, 0) is 30.5 Å². The van der Waals surface area contributed by atoms with E-state index in [0.717, 1.165) is 23.4 Å². The fourth-order valence-corrected chi connectivity index (χ4v) is 2.88. The van der Waals surface area contributed by atoms with Gasteiger partial charge in [0.2, 0.25) is 11.0 Å². The van der Waals surface area contributed by atoms with E-state index in [0.29, 0.717) is 23.2 Å². The van der Waals surface area contributed by atoms with Gasteiger partial charge in [-0.3, -0.25) is 14.9 Å². The van der Waals surface area contributed by atoms with Crippen LogP contribution >= 0.6 is 11.3 Å². The van der Waals surface area contributed by atoms with Crippen LogP contribution in [0.15, 0.2) is 24.3 Å². The molecule has 1 fully saturated rings. The van der Waals surface area contributed by atoms with Crippen LogP contribution in [0.3, 0.4) is 0 Å². The molecule has 1 heterocycles. The summed E-state index contributed by atoms with van der Waals surface area (Å²) >= 11 is 1.39. The van der Waals surface area contributed by atoms with Gasteiger partial charge >= 0.3 is 0 Å². The van der Waals surface area contributed by atoms with Crippen LogP contribution in [-0.4, -0.2) is 22.0 Å². The van der Waals surface area contributed by atoms with Gasteiger partial charge in [0.25, 0.3) is 5.91 Å². The number of nitrogens with one attached hydrogen (secondary N) is 2. The van der Waals surface area contributed by atoms with Crippen molar-refractivity contribution in [3.05, 3.63) is 40.4 Å². The number of anilines is 1. The van der Waals surface area contributed by atoms with E-state index < -0.39 is 0 Å². The number of amides is 2. The summed E-state index contributed by atoms with van der Waals surface area (Å²) in [7, 11) is 0. The van der Waals surface area contributed by atoms with Crippen molar-refractivity contribution in [2.45, 2.75) is 39.2 Å². The molecule has 2 aromatic rings. The highest BCUT2D eigenvalue weighted by molar-refractivity contribution is 7.15. The summed E-state index contributed by atoms with van der Waals surface area (Å²) in [5.41, 5.74) is 1.52. The van der Waals surface area contributed by atoms with E-state index in [2.05, 4.69) is 20.8 Å². The number of carbonyl (C=O) groups excluding carboxylic acids is 2. The molecule has 1 aliphatic rings. The van der Waals surface area contributed by atoms with E-state index in [1.165, 1.54) is 11.3 Å². The number of hydrogen-bond acceptors (Lipinski definition) is 5. The normalized spacial score (nSPS) is 13.8.